The Bertz CT molecular complexity index is 1200. The molecule has 2 aromatic carbocycles. The second-order valence-electron chi connectivity index (χ2n) is 5.73. The number of hydrogen-bond acceptors (Lipinski definition) is 7. The van der Waals surface area contributed by atoms with Crippen LogP contribution >= 0.6 is 31.9 Å². The monoisotopic (exact) mass is 507 g/mol. The maximum absolute atomic E-state index is 12.0. The van der Waals surface area contributed by atoms with Gasteiger partial charge in [-0.2, -0.15) is 9.78 Å². The van der Waals surface area contributed by atoms with Crippen LogP contribution in [0.4, 0.5) is 0 Å². The summed E-state index contributed by atoms with van der Waals surface area (Å²) >= 11 is 6.84. The first kappa shape index (κ1) is 18.6. The summed E-state index contributed by atoms with van der Waals surface area (Å²) in [5.74, 6) is 0.683. The van der Waals surface area contributed by atoms with Crippen molar-refractivity contribution in [2.75, 3.05) is 0 Å². The van der Waals surface area contributed by atoms with Gasteiger partial charge >= 0.3 is 5.69 Å². The number of nitrogens with one attached hydrogen (secondary N) is 2. The highest BCUT2D eigenvalue weighted by Crippen LogP contribution is 2.36. The van der Waals surface area contributed by atoms with E-state index in [9.17, 15) is 14.7 Å². The van der Waals surface area contributed by atoms with Crippen LogP contribution in [0.15, 0.2) is 66.2 Å². The first-order valence-electron chi connectivity index (χ1n) is 7.90. The van der Waals surface area contributed by atoms with Crippen LogP contribution in [-0.2, 0) is 0 Å². The SMILES string of the molecule is O=c1cnn(-c2cc(Br)c(OC3=NNC(O)c4ccccc43)c(Br)c2)c(=O)[nH]1. The number of H-pyrrole nitrogens is 1. The van der Waals surface area contributed by atoms with Crippen molar-refractivity contribution in [2.45, 2.75) is 6.23 Å². The van der Waals surface area contributed by atoms with Crippen molar-refractivity contribution in [3.63, 3.8) is 0 Å². The van der Waals surface area contributed by atoms with E-state index in [1.54, 1.807) is 24.3 Å². The third-order valence-electron chi connectivity index (χ3n) is 3.91. The van der Waals surface area contributed by atoms with Gasteiger partial charge in [-0.25, -0.2) is 4.79 Å². The van der Waals surface area contributed by atoms with Crippen LogP contribution in [0.3, 0.4) is 0 Å². The molecule has 3 aromatic rings. The average Bonchev–Trinajstić information content (AvgIpc) is 2.66. The van der Waals surface area contributed by atoms with Gasteiger partial charge in [0.15, 0.2) is 12.0 Å². The number of aliphatic hydroxyl groups is 1. The maximum atomic E-state index is 12.0. The molecular weight excluding hydrogens is 498 g/mol. The van der Waals surface area contributed by atoms with E-state index in [2.05, 4.69) is 52.5 Å². The minimum atomic E-state index is -0.920. The van der Waals surface area contributed by atoms with Gasteiger partial charge in [0, 0.05) is 11.1 Å². The average molecular weight is 509 g/mol. The predicted octanol–water partition coefficient (Wildman–Crippen LogP) is 1.78. The van der Waals surface area contributed by atoms with Gasteiger partial charge in [-0.15, -0.1) is 5.10 Å². The lowest BCUT2D eigenvalue weighted by Gasteiger charge is -2.22. The smallest absolute Gasteiger partial charge is 0.349 e. The van der Waals surface area contributed by atoms with E-state index in [0.29, 0.717) is 31.5 Å². The van der Waals surface area contributed by atoms with Gasteiger partial charge in [0.1, 0.15) is 6.20 Å². The van der Waals surface area contributed by atoms with Crippen molar-refractivity contribution in [1.82, 2.24) is 20.2 Å². The van der Waals surface area contributed by atoms with Gasteiger partial charge in [-0.3, -0.25) is 15.2 Å². The lowest BCUT2D eigenvalue weighted by Crippen LogP contribution is -2.30. The summed E-state index contributed by atoms with van der Waals surface area (Å²) in [6.45, 7) is 0. The van der Waals surface area contributed by atoms with Crippen molar-refractivity contribution >= 4 is 37.8 Å². The van der Waals surface area contributed by atoms with Crippen LogP contribution in [0.25, 0.3) is 5.69 Å². The van der Waals surface area contributed by atoms with Crippen LogP contribution in [0, 0.1) is 0 Å². The Balaban J connectivity index is 1.72. The Morgan fingerprint density at radius 1 is 1.14 bits per heavy atom. The van der Waals surface area contributed by atoms with Crippen molar-refractivity contribution in [1.29, 1.82) is 0 Å². The Morgan fingerprint density at radius 2 is 1.86 bits per heavy atom. The van der Waals surface area contributed by atoms with Crippen LogP contribution < -0.4 is 21.4 Å². The van der Waals surface area contributed by atoms with Crippen LogP contribution in [0.1, 0.15) is 17.4 Å². The fraction of sp³-hybridized carbons (Fsp3) is 0.0588. The molecule has 4 rings (SSSR count). The molecule has 0 aliphatic carbocycles. The van der Waals surface area contributed by atoms with E-state index < -0.39 is 17.5 Å². The molecule has 142 valence electrons. The summed E-state index contributed by atoms with van der Waals surface area (Å²) in [7, 11) is 0. The van der Waals surface area contributed by atoms with Crippen LogP contribution in [0.2, 0.25) is 0 Å². The van der Waals surface area contributed by atoms with Gasteiger partial charge < -0.3 is 9.84 Å². The number of hydrazone groups is 1. The molecule has 0 spiro atoms. The third-order valence-corrected chi connectivity index (χ3v) is 5.09. The standard InChI is InChI=1S/C17H11Br2N5O4/c18-11-5-8(24-17(27)21-13(25)7-20-24)6-12(19)14(11)28-16-10-4-2-1-3-9(10)15(26)22-23-16/h1-7,15,22,26H,(H,21,25,27). The van der Waals surface area contributed by atoms with Crippen LogP contribution in [0.5, 0.6) is 5.75 Å². The topological polar surface area (TPSA) is 122 Å². The summed E-state index contributed by atoms with van der Waals surface area (Å²) < 4.78 is 8.03. The predicted molar refractivity (Wildman–Crippen MR) is 108 cm³/mol. The van der Waals surface area contributed by atoms with E-state index in [-0.39, 0.29) is 5.90 Å². The highest BCUT2D eigenvalue weighted by molar-refractivity contribution is 9.11. The van der Waals surface area contributed by atoms with Gasteiger partial charge in [-0.1, -0.05) is 18.2 Å². The zero-order valence-electron chi connectivity index (χ0n) is 13.9. The van der Waals surface area contributed by atoms with Crippen molar-refractivity contribution < 1.29 is 9.84 Å². The van der Waals surface area contributed by atoms with Crippen molar-refractivity contribution in [2.24, 2.45) is 5.10 Å². The molecule has 0 amide bonds. The quantitative estimate of drug-likeness (QED) is 0.485. The zero-order chi connectivity index (χ0) is 19.8. The number of nitrogens with zero attached hydrogens (tertiary/aromatic N) is 3. The maximum Gasteiger partial charge on any atom is 0.349 e. The zero-order valence-corrected chi connectivity index (χ0v) is 17.1. The second-order valence-corrected chi connectivity index (χ2v) is 7.44. The summed E-state index contributed by atoms with van der Waals surface area (Å²) in [6.07, 6.45) is 0.0918. The molecule has 28 heavy (non-hydrogen) atoms. The molecule has 1 aliphatic heterocycles. The molecule has 1 unspecified atom stereocenters. The molecule has 9 nitrogen and oxygen atoms in total. The molecule has 1 atom stereocenters. The fourth-order valence-corrected chi connectivity index (χ4v) is 3.98. The molecule has 0 saturated carbocycles. The van der Waals surface area contributed by atoms with Crippen molar-refractivity contribution in [3.05, 3.63) is 83.5 Å². The fourth-order valence-electron chi connectivity index (χ4n) is 2.66. The number of ether oxygens (including phenoxy) is 1. The number of aliphatic hydroxyl groups excluding tert-OH is 1. The largest absolute Gasteiger partial charge is 0.435 e. The molecule has 2 heterocycles. The minimum absolute atomic E-state index is 0.273. The molecule has 0 saturated heterocycles. The lowest BCUT2D eigenvalue weighted by molar-refractivity contribution is 0.137. The number of aromatic amines is 1. The van der Waals surface area contributed by atoms with Gasteiger partial charge in [0.05, 0.1) is 14.6 Å². The Hall–Kier alpha value is -2.76. The third kappa shape index (κ3) is 3.39. The molecule has 0 radical (unpaired) electrons. The Kier molecular flexibility index (Phi) is 4.87. The first-order chi connectivity index (χ1) is 13.4. The van der Waals surface area contributed by atoms with Crippen molar-refractivity contribution in [3.8, 4) is 11.4 Å². The Morgan fingerprint density at radius 3 is 2.57 bits per heavy atom. The summed E-state index contributed by atoms with van der Waals surface area (Å²) in [5, 5.41) is 17.9. The van der Waals surface area contributed by atoms with Gasteiger partial charge in [0.2, 0.25) is 5.90 Å². The summed E-state index contributed by atoms with van der Waals surface area (Å²) in [6, 6.07) is 10.4. The molecule has 1 aromatic heterocycles. The molecule has 0 fully saturated rings. The van der Waals surface area contributed by atoms with E-state index in [1.165, 1.54) is 0 Å². The molecule has 1 aliphatic rings. The second kappa shape index (κ2) is 7.34. The highest BCUT2D eigenvalue weighted by atomic mass is 79.9. The van der Waals surface area contributed by atoms with Gasteiger partial charge in [-0.05, 0) is 50.1 Å². The van der Waals surface area contributed by atoms with E-state index in [4.69, 9.17) is 4.74 Å². The Labute approximate surface area is 173 Å². The normalized spacial score (nSPS) is 15.4. The number of benzene rings is 2. The van der Waals surface area contributed by atoms with E-state index in [0.717, 1.165) is 10.9 Å². The van der Waals surface area contributed by atoms with E-state index in [1.807, 2.05) is 12.1 Å². The van der Waals surface area contributed by atoms with Crippen LogP contribution in [-0.4, -0.2) is 25.8 Å². The van der Waals surface area contributed by atoms with E-state index >= 15 is 0 Å². The summed E-state index contributed by atoms with van der Waals surface area (Å²) in [5.41, 5.74) is 3.05. The molecular formula is C17H11Br2N5O4. The molecule has 0 bridgehead atoms. The first-order valence-corrected chi connectivity index (χ1v) is 9.49. The number of halogens is 2. The lowest BCUT2D eigenvalue weighted by atomic mass is 10.1. The number of fused-ring (bicyclic) bond motifs is 1. The van der Waals surface area contributed by atoms with Gasteiger partial charge in [0.25, 0.3) is 5.56 Å². The minimum Gasteiger partial charge on any atom is -0.435 e. The number of aromatic nitrogens is 3. The molecule has 3 N–H and O–H groups in total. The number of rotatable bonds is 2. The highest BCUT2D eigenvalue weighted by Gasteiger charge is 2.23. The number of hydrogen-bond donors (Lipinski definition) is 3. The molecule has 11 heteroatoms. The summed E-state index contributed by atoms with van der Waals surface area (Å²) in [4.78, 5) is 25.3.